The number of aliphatic hydroxyl groups is 1. The van der Waals surface area contributed by atoms with Crippen LogP contribution < -0.4 is 21.3 Å². The van der Waals surface area contributed by atoms with Gasteiger partial charge in [0, 0.05) is 36.0 Å². The van der Waals surface area contributed by atoms with Crippen molar-refractivity contribution in [2.75, 3.05) is 43.1 Å². The number of urea groups is 1. The van der Waals surface area contributed by atoms with E-state index in [1.165, 1.54) is 18.2 Å². The summed E-state index contributed by atoms with van der Waals surface area (Å²) in [6.45, 7) is 3.65. The zero-order valence-corrected chi connectivity index (χ0v) is 24.5. The van der Waals surface area contributed by atoms with Crippen LogP contribution in [0.4, 0.5) is 16.3 Å². The minimum absolute atomic E-state index is 0.0321. The largest absolute Gasteiger partial charge is 0.395 e. The van der Waals surface area contributed by atoms with Gasteiger partial charge in [-0.25, -0.2) is 14.8 Å². The first-order valence-electron chi connectivity index (χ1n) is 13.4. The molecule has 0 bridgehead atoms. The smallest absolute Gasteiger partial charge is 0.319 e. The van der Waals surface area contributed by atoms with Gasteiger partial charge >= 0.3 is 6.03 Å². The highest BCUT2D eigenvalue weighted by Gasteiger charge is 2.58. The fourth-order valence-electron chi connectivity index (χ4n) is 4.95. The third-order valence-electron chi connectivity index (χ3n) is 7.41. The number of nitrogens with one attached hydrogen (secondary N) is 2. The highest BCUT2D eigenvalue weighted by Crippen LogP contribution is 2.76. The molecule has 224 valence electrons. The van der Waals surface area contributed by atoms with Crippen LogP contribution in [0.25, 0.3) is 11.4 Å². The van der Waals surface area contributed by atoms with Gasteiger partial charge in [0.05, 0.1) is 41.5 Å². The molecule has 1 aliphatic carbocycles. The number of carbonyl (C=O) groups excluding carboxylic acids is 2. The van der Waals surface area contributed by atoms with Crippen molar-refractivity contribution in [3.05, 3.63) is 64.8 Å². The van der Waals surface area contributed by atoms with Crippen molar-refractivity contribution >= 4 is 45.6 Å². The maximum atomic E-state index is 12.0. The molecule has 7 N–H and O–H groups in total. The van der Waals surface area contributed by atoms with Gasteiger partial charge in [-0.3, -0.25) is 13.9 Å². The Hall–Kier alpha value is -3.46. The van der Waals surface area contributed by atoms with Gasteiger partial charge in [0.15, 0.2) is 5.82 Å². The standard InChI is InChI=1S/C28H33ClN6O6S/c1-17-16-41-13-11-35(17)24-15-23(28(8-9-28)42(39,40)22-7-4-19(25(30)37)14-21(22)29)33-26(34-24)18-2-5-20(6-3-18)32-27(38)31-10-12-36/h2-7,14-15,17,36,39-40H,8-13,16H2,1H3,(H2,30,37)(H2,31,32,38)/t17-/m0/s1. The second-order valence-corrected chi connectivity index (χ2v) is 13.0. The Bertz CT molecular complexity index is 1490. The molecule has 3 amide bonds. The number of aromatic nitrogens is 2. The predicted molar refractivity (Wildman–Crippen MR) is 161 cm³/mol. The highest BCUT2D eigenvalue weighted by atomic mass is 35.5. The molecule has 0 spiro atoms. The highest BCUT2D eigenvalue weighted by molar-refractivity contribution is 8.25. The molecule has 2 aliphatic rings. The van der Waals surface area contributed by atoms with Gasteiger partial charge < -0.3 is 31.1 Å². The summed E-state index contributed by atoms with van der Waals surface area (Å²) in [5.41, 5.74) is 7.22. The van der Waals surface area contributed by atoms with Gasteiger partial charge in [0.1, 0.15) is 10.6 Å². The first-order chi connectivity index (χ1) is 20.1. The number of amides is 3. The van der Waals surface area contributed by atoms with Gasteiger partial charge in [-0.05, 0) is 62.2 Å². The molecule has 1 atom stereocenters. The number of hydrogen-bond acceptors (Lipinski definition) is 9. The number of hydrogen-bond donors (Lipinski definition) is 6. The second-order valence-electron chi connectivity index (χ2n) is 10.3. The number of benzene rings is 2. The molecule has 14 heteroatoms. The maximum Gasteiger partial charge on any atom is 0.319 e. The van der Waals surface area contributed by atoms with E-state index in [-0.39, 0.29) is 34.7 Å². The lowest BCUT2D eigenvalue weighted by Gasteiger charge is -2.42. The van der Waals surface area contributed by atoms with Crippen molar-refractivity contribution < 1.29 is 28.5 Å². The number of nitrogens with zero attached hydrogens (tertiary/aromatic N) is 3. The van der Waals surface area contributed by atoms with Crippen LogP contribution in [-0.2, 0) is 9.48 Å². The number of carbonyl (C=O) groups is 2. The molecule has 2 aromatic carbocycles. The summed E-state index contributed by atoms with van der Waals surface area (Å²) in [7, 11) is -3.53. The van der Waals surface area contributed by atoms with E-state index in [1.807, 2.05) is 6.92 Å². The van der Waals surface area contributed by atoms with Gasteiger partial charge in [-0.15, -0.1) is 0 Å². The summed E-state index contributed by atoms with van der Waals surface area (Å²) in [6, 6.07) is 12.6. The van der Waals surface area contributed by atoms with Crippen molar-refractivity contribution in [1.29, 1.82) is 0 Å². The number of rotatable bonds is 9. The number of primary amides is 1. The predicted octanol–water partition coefficient (Wildman–Crippen LogP) is 4.03. The number of anilines is 2. The molecule has 3 aromatic rings. The van der Waals surface area contributed by atoms with Crippen LogP contribution in [0.3, 0.4) is 0 Å². The lowest BCUT2D eigenvalue weighted by Crippen LogP contribution is -2.44. The molecule has 1 aromatic heterocycles. The van der Waals surface area contributed by atoms with Crippen LogP contribution in [0, 0.1) is 0 Å². The third-order valence-corrected chi connectivity index (χ3v) is 10.5. The summed E-state index contributed by atoms with van der Waals surface area (Å²) in [5.74, 6) is 0.347. The zero-order valence-electron chi connectivity index (χ0n) is 22.9. The maximum absolute atomic E-state index is 12.0. The van der Waals surface area contributed by atoms with Crippen LogP contribution in [0.15, 0.2) is 53.4 Å². The molecule has 12 nitrogen and oxygen atoms in total. The lowest BCUT2D eigenvalue weighted by molar-refractivity contribution is 0.0985. The van der Waals surface area contributed by atoms with Crippen LogP contribution in [0.5, 0.6) is 0 Å². The molecule has 42 heavy (non-hydrogen) atoms. The van der Waals surface area contributed by atoms with E-state index in [0.717, 1.165) is 0 Å². The van der Waals surface area contributed by atoms with Crippen molar-refractivity contribution in [3.63, 3.8) is 0 Å². The Morgan fingerprint density at radius 1 is 1.17 bits per heavy atom. The average Bonchev–Trinajstić information content (AvgIpc) is 3.79. The molecule has 0 unspecified atom stereocenters. The summed E-state index contributed by atoms with van der Waals surface area (Å²) < 4.78 is 28.0. The Morgan fingerprint density at radius 2 is 1.90 bits per heavy atom. The van der Waals surface area contributed by atoms with Crippen molar-refractivity contribution in [3.8, 4) is 11.4 Å². The van der Waals surface area contributed by atoms with E-state index in [0.29, 0.717) is 61.2 Å². The molecule has 2 fully saturated rings. The minimum Gasteiger partial charge on any atom is -0.395 e. The molecule has 2 heterocycles. The lowest BCUT2D eigenvalue weighted by atomic mass is 10.1. The van der Waals surface area contributed by atoms with E-state index in [2.05, 4.69) is 15.5 Å². The number of nitrogens with two attached hydrogens (primary N) is 1. The molecular formula is C28H33ClN6O6S. The van der Waals surface area contributed by atoms with Crippen LogP contribution in [0.2, 0.25) is 5.02 Å². The topological polar surface area (TPSA) is 183 Å². The summed E-state index contributed by atoms with van der Waals surface area (Å²) >= 11 is 6.45. The molecule has 0 radical (unpaired) electrons. The van der Waals surface area contributed by atoms with E-state index in [4.69, 9.17) is 37.1 Å². The number of aliphatic hydroxyl groups excluding tert-OH is 1. The summed E-state index contributed by atoms with van der Waals surface area (Å²) in [4.78, 5) is 35.5. The van der Waals surface area contributed by atoms with Crippen LogP contribution in [0.1, 0.15) is 35.8 Å². The molecule has 1 aliphatic heterocycles. The van der Waals surface area contributed by atoms with E-state index in [1.54, 1.807) is 30.3 Å². The first kappa shape index (κ1) is 30.0. The van der Waals surface area contributed by atoms with E-state index >= 15 is 0 Å². The normalized spacial score (nSPS) is 18.3. The average molecular weight is 617 g/mol. The number of morpholine rings is 1. The summed E-state index contributed by atoms with van der Waals surface area (Å²) in [6.07, 6.45) is 0.924. The molecule has 1 saturated carbocycles. The minimum atomic E-state index is -3.53. The van der Waals surface area contributed by atoms with Gasteiger partial charge in [-0.2, -0.15) is 10.6 Å². The fourth-order valence-corrected chi connectivity index (χ4v) is 7.53. The van der Waals surface area contributed by atoms with Crippen molar-refractivity contribution in [2.24, 2.45) is 5.73 Å². The second kappa shape index (κ2) is 12.0. The zero-order chi connectivity index (χ0) is 30.1. The van der Waals surface area contributed by atoms with E-state index < -0.39 is 27.3 Å². The Morgan fingerprint density at radius 3 is 2.52 bits per heavy atom. The monoisotopic (exact) mass is 616 g/mol. The Balaban J connectivity index is 1.54. The third kappa shape index (κ3) is 5.89. The number of ether oxygens (including phenoxy) is 1. The van der Waals surface area contributed by atoms with E-state index in [9.17, 15) is 18.7 Å². The van der Waals surface area contributed by atoms with Gasteiger partial charge in [0.2, 0.25) is 5.91 Å². The molecule has 5 rings (SSSR count). The van der Waals surface area contributed by atoms with Gasteiger partial charge in [0.25, 0.3) is 0 Å². The van der Waals surface area contributed by atoms with Crippen LogP contribution >= 0.6 is 22.2 Å². The van der Waals surface area contributed by atoms with Crippen molar-refractivity contribution in [2.45, 2.75) is 35.4 Å². The Kier molecular flexibility index (Phi) is 8.60. The first-order valence-corrected chi connectivity index (χ1v) is 15.4. The number of halogens is 1. The molecule has 1 saturated heterocycles. The fraction of sp³-hybridized carbons (Fsp3) is 0.357. The van der Waals surface area contributed by atoms with Gasteiger partial charge in [-0.1, -0.05) is 11.6 Å². The van der Waals surface area contributed by atoms with Crippen molar-refractivity contribution in [1.82, 2.24) is 15.3 Å². The molecular weight excluding hydrogens is 584 g/mol. The Labute approximate surface area is 249 Å². The summed E-state index contributed by atoms with van der Waals surface area (Å²) in [5, 5.41) is 14.2. The van der Waals surface area contributed by atoms with Crippen LogP contribution in [-0.4, -0.2) is 75.1 Å². The quantitative estimate of drug-likeness (QED) is 0.207. The SMILES string of the molecule is C[C@H]1COCCN1c1cc(C2(S(O)(O)c3ccc(C(N)=O)cc3Cl)CC2)nc(-c2ccc(NC(=O)NCCO)cc2)n1.